The molecule has 0 aliphatic rings. The van der Waals surface area contributed by atoms with Crippen LogP contribution in [0.3, 0.4) is 0 Å². The van der Waals surface area contributed by atoms with E-state index in [0.717, 1.165) is 17.1 Å². The molecular weight excluding hydrogens is 270 g/mol. The van der Waals surface area contributed by atoms with E-state index in [2.05, 4.69) is 25.5 Å². The Bertz CT molecular complexity index is 480. The second kappa shape index (κ2) is 7.31. The predicted molar refractivity (Wildman–Crippen MR) is 81.8 cm³/mol. The molecule has 2 N–H and O–H groups in total. The zero-order valence-corrected chi connectivity index (χ0v) is 13.4. The largest absolute Gasteiger partial charge is 0.497 e. The molecule has 1 unspecified atom stereocenters. The molecule has 1 rings (SSSR count). The number of carbonyl (C=O) groups excluding carboxylic acids is 1. The number of methoxy groups -OCH3 is 2. The molecule has 0 bridgehead atoms. The third-order valence-electron chi connectivity index (χ3n) is 3.19. The van der Waals surface area contributed by atoms with Gasteiger partial charge in [-0.2, -0.15) is 0 Å². The van der Waals surface area contributed by atoms with Crippen LogP contribution >= 0.6 is 0 Å². The molecule has 1 aromatic carbocycles. The molecule has 1 atom stereocenters. The van der Waals surface area contributed by atoms with Crippen LogP contribution in [0.15, 0.2) is 18.2 Å². The first kappa shape index (κ1) is 17.3. The van der Waals surface area contributed by atoms with E-state index in [4.69, 9.17) is 15.2 Å². The molecule has 0 saturated heterocycles. The zero-order valence-electron chi connectivity index (χ0n) is 13.4. The summed E-state index contributed by atoms with van der Waals surface area (Å²) in [4.78, 5) is 11.2. The van der Waals surface area contributed by atoms with Crippen LogP contribution in [0.5, 0.6) is 11.5 Å². The highest BCUT2D eigenvalue weighted by atomic mass is 16.5. The first-order chi connectivity index (χ1) is 9.79. The van der Waals surface area contributed by atoms with Crippen molar-refractivity contribution in [2.45, 2.75) is 38.6 Å². The Labute approximate surface area is 126 Å². The maximum absolute atomic E-state index is 11.2. The molecule has 0 aliphatic carbocycles. The van der Waals surface area contributed by atoms with Crippen LogP contribution in [-0.4, -0.2) is 32.8 Å². The van der Waals surface area contributed by atoms with Gasteiger partial charge < -0.3 is 19.9 Å². The van der Waals surface area contributed by atoms with Gasteiger partial charge in [-0.3, -0.25) is 4.79 Å². The van der Waals surface area contributed by atoms with Gasteiger partial charge in [0.25, 0.3) is 0 Å². The third-order valence-corrected chi connectivity index (χ3v) is 3.19. The number of hydrogen-bond donors (Lipinski definition) is 1. The van der Waals surface area contributed by atoms with E-state index in [9.17, 15) is 4.79 Å². The minimum absolute atomic E-state index is 0.0751. The molecule has 0 amide bonds. The number of carbonyl (C=O) groups is 1. The number of nitrogens with two attached hydrogens (primary N) is 1. The van der Waals surface area contributed by atoms with Crippen LogP contribution in [0.25, 0.3) is 0 Å². The number of benzene rings is 1. The Morgan fingerprint density at radius 2 is 1.95 bits per heavy atom. The lowest BCUT2D eigenvalue weighted by Crippen LogP contribution is -2.33. The lowest BCUT2D eigenvalue weighted by atomic mass is 9.86. The normalized spacial score (nSPS) is 12.7. The highest BCUT2D eigenvalue weighted by Gasteiger charge is 2.20. The van der Waals surface area contributed by atoms with Gasteiger partial charge in [0.05, 0.1) is 20.8 Å². The summed E-state index contributed by atoms with van der Waals surface area (Å²) in [6, 6.07) is 5.04. The van der Waals surface area contributed by atoms with Crippen molar-refractivity contribution in [3.8, 4) is 11.5 Å². The Balaban J connectivity index is 2.77. The quantitative estimate of drug-likeness (QED) is 0.815. The van der Waals surface area contributed by atoms with Gasteiger partial charge in [-0.05, 0) is 23.6 Å². The van der Waals surface area contributed by atoms with Crippen molar-refractivity contribution in [2.24, 2.45) is 5.73 Å². The maximum atomic E-state index is 11.2. The molecule has 0 aliphatic heterocycles. The monoisotopic (exact) mass is 295 g/mol. The molecule has 0 radical (unpaired) electrons. The van der Waals surface area contributed by atoms with E-state index in [1.807, 2.05) is 18.2 Å². The first-order valence-electron chi connectivity index (χ1n) is 6.94. The van der Waals surface area contributed by atoms with E-state index in [-0.39, 0.29) is 5.41 Å². The summed E-state index contributed by atoms with van der Waals surface area (Å²) in [5.74, 6) is 1.14. The van der Waals surface area contributed by atoms with Crippen molar-refractivity contribution in [1.82, 2.24) is 0 Å². The minimum Gasteiger partial charge on any atom is -0.497 e. The summed E-state index contributed by atoms with van der Waals surface area (Å²) in [5.41, 5.74) is 6.66. The van der Waals surface area contributed by atoms with Gasteiger partial charge in [0.2, 0.25) is 0 Å². The molecule has 21 heavy (non-hydrogen) atoms. The van der Waals surface area contributed by atoms with Crippen molar-refractivity contribution >= 4 is 5.97 Å². The lowest BCUT2D eigenvalue weighted by Gasteiger charge is -2.23. The van der Waals surface area contributed by atoms with Crippen molar-refractivity contribution in [2.75, 3.05) is 20.8 Å². The highest BCUT2D eigenvalue weighted by Crippen LogP contribution is 2.34. The van der Waals surface area contributed by atoms with Gasteiger partial charge in [-0.1, -0.05) is 20.8 Å². The molecule has 0 heterocycles. The molecule has 0 fully saturated rings. The number of esters is 1. The van der Waals surface area contributed by atoms with Crippen LogP contribution in [-0.2, 0) is 14.9 Å². The van der Waals surface area contributed by atoms with Gasteiger partial charge in [-0.15, -0.1) is 0 Å². The van der Waals surface area contributed by atoms with Crippen molar-refractivity contribution in [3.05, 3.63) is 23.8 Å². The van der Waals surface area contributed by atoms with E-state index >= 15 is 0 Å². The molecule has 1 aromatic rings. The summed E-state index contributed by atoms with van der Waals surface area (Å²) >= 11 is 0. The number of rotatable bonds is 6. The van der Waals surface area contributed by atoms with Gasteiger partial charge in [0.15, 0.2) is 0 Å². The molecule has 0 aromatic heterocycles. The lowest BCUT2D eigenvalue weighted by molar-refractivity contribution is -0.142. The molecule has 0 spiro atoms. The molecular formula is C16H25NO4. The molecule has 118 valence electrons. The predicted octanol–water partition coefficient (Wildman–Crippen LogP) is 2.26. The molecule has 5 heteroatoms. The zero-order chi connectivity index (χ0) is 16.0. The van der Waals surface area contributed by atoms with E-state index in [0.29, 0.717) is 13.0 Å². The maximum Gasteiger partial charge on any atom is 0.322 e. The van der Waals surface area contributed by atoms with E-state index in [1.165, 1.54) is 7.11 Å². The van der Waals surface area contributed by atoms with Crippen LogP contribution in [0.4, 0.5) is 0 Å². The fourth-order valence-electron chi connectivity index (χ4n) is 1.91. The van der Waals surface area contributed by atoms with Crippen LogP contribution < -0.4 is 15.2 Å². The highest BCUT2D eigenvalue weighted by molar-refractivity contribution is 5.75. The number of ether oxygens (including phenoxy) is 3. The third kappa shape index (κ3) is 4.93. The Hall–Kier alpha value is -1.75. The Kier molecular flexibility index (Phi) is 6.03. The fourth-order valence-corrected chi connectivity index (χ4v) is 1.91. The van der Waals surface area contributed by atoms with Crippen LogP contribution in [0.2, 0.25) is 0 Å². The number of hydrogen-bond acceptors (Lipinski definition) is 5. The van der Waals surface area contributed by atoms with Crippen molar-refractivity contribution in [1.29, 1.82) is 0 Å². The minimum atomic E-state index is -0.661. The van der Waals surface area contributed by atoms with Gasteiger partial charge >= 0.3 is 5.97 Å². The van der Waals surface area contributed by atoms with Gasteiger partial charge in [0.1, 0.15) is 17.5 Å². The van der Waals surface area contributed by atoms with Crippen LogP contribution in [0, 0.1) is 0 Å². The van der Waals surface area contributed by atoms with E-state index in [1.54, 1.807) is 7.11 Å². The van der Waals surface area contributed by atoms with Crippen molar-refractivity contribution < 1.29 is 19.0 Å². The SMILES string of the molecule is COC(=O)C(N)CCOc1ccc(OC)cc1C(C)(C)C. The van der Waals surface area contributed by atoms with Gasteiger partial charge in [0, 0.05) is 12.0 Å². The standard InChI is InChI=1S/C16H25NO4/c1-16(2,3)12-10-11(19-4)6-7-14(12)21-9-8-13(17)15(18)20-5/h6-7,10,13H,8-9,17H2,1-5H3. The second-order valence-corrected chi connectivity index (χ2v) is 5.88. The summed E-state index contributed by atoms with van der Waals surface area (Å²) < 4.78 is 15.6. The van der Waals surface area contributed by atoms with Crippen LogP contribution in [0.1, 0.15) is 32.8 Å². The smallest absolute Gasteiger partial charge is 0.322 e. The Morgan fingerprint density at radius 3 is 2.48 bits per heavy atom. The average Bonchev–Trinajstić information content (AvgIpc) is 2.45. The topological polar surface area (TPSA) is 70.8 Å². The second-order valence-electron chi connectivity index (χ2n) is 5.88. The fraction of sp³-hybridized carbons (Fsp3) is 0.562. The molecule has 0 saturated carbocycles. The first-order valence-corrected chi connectivity index (χ1v) is 6.94. The summed E-state index contributed by atoms with van der Waals surface area (Å²) in [6.45, 7) is 6.67. The molecule has 5 nitrogen and oxygen atoms in total. The summed E-state index contributed by atoms with van der Waals surface area (Å²) in [6.07, 6.45) is 0.405. The average molecular weight is 295 g/mol. The van der Waals surface area contributed by atoms with Crippen molar-refractivity contribution in [3.63, 3.8) is 0 Å². The van der Waals surface area contributed by atoms with E-state index < -0.39 is 12.0 Å². The Morgan fingerprint density at radius 1 is 1.29 bits per heavy atom. The summed E-state index contributed by atoms with van der Waals surface area (Å²) in [7, 11) is 2.96. The summed E-state index contributed by atoms with van der Waals surface area (Å²) in [5, 5.41) is 0. The van der Waals surface area contributed by atoms with Gasteiger partial charge in [-0.25, -0.2) is 0 Å².